The minimum atomic E-state index is -0.386. The standard InChI is InChI=1S/C8H13NO2/c10-7-5-8(11)9-4-2-1-3-6(7)9/h6-7,10H,1-5H2/t6-,7-/m0/s1. The van der Waals surface area contributed by atoms with Crippen molar-refractivity contribution in [2.75, 3.05) is 6.54 Å². The average molecular weight is 155 g/mol. The zero-order valence-electron chi connectivity index (χ0n) is 6.49. The van der Waals surface area contributed by atoms with Gasteiger partial charge in [-0.25, -0.2) is 0 Å². The van der Waals surface area contributed by atoms with Gasteiger partial charge in [0.15, 0.2) is 0 Å². The molecule has 2 saturated heterocycles. The van der Waals surface area contributed by atoms with Crippen molar-refractivity contribution in [2.45, 2.75) is 37.8 Å². The van der Waals surface area contributed by atoms with Crippen LogP contribution < -0.4 is 0 Å². The highest BCUT2D eigenvalue weighted by molar-refractivity contribution is 5.79. The second-order valence-electron chi connectivity index (χ2n) is 3.42. The highest BCUT2D eigenvalue weighted by Gasteiger charge is 2.39. The molecule has 2 fully saturated rings. The highest BCUT2D eigenvalue weighted by Crippen LogP contribution is 2.27. The van der Waals surface area contributed by atoms with Crippen molar-refractivity contribution in [1.82, 2.24) is 4.90 Å². The molecule has 1 amide bonds. The lowest BCUT2D eigenvalue weighted by Gasteiger charge is -2.30. The van der Waals surface area contributed by atoms with Gasteiger partial charge in [-0.15, -0.1) is 0 Å². The predicted molar refractivity (Wildman–Crippen MR) is 40.0 cm³/mol. The van der Waals surface area contributed by atoms with Gasteiger partial charge in [-0.3, -0.25) is 4.79 Å². The third kappa shape index (κ3) is 1.03. The molecule has 0 radical (unpaired) electrons. The monoisotopic (exact) mass is 155 g/mol. The highest BCUT2D eigenvalue weighted by atomic mass is 16.3. The Labute approximate surface area is 66.0 Å². The number of hydrogen-bond acceptors (Lipinski definition) is 2. The average Bonchev–Trinajstić information content (AvgIpc) is 2.30. The van der Waals surface area contributed by atoms with Gasteiger partial charge >= 0.3 is 0 Å². The molecule has 2 atom stereocenters. The summed E-state index contributed by atoms with van der Waals surface area (Å²) in [5.41, 5.74) is 0. The van der Waals surface area contributed by atoms with Crippen LogP contribution in [0.5, 0.6) is 0 Å². The fourth-order valence-corrected chi connectivity index (χ4v) is 2.10. The summed E-state index contributed by atoms with van der Waals surface area (Å²) >= 11 is 0. The van der Waals surface area contributed by atoms with Gasteiger partial charge in [0.05, 0.1) is 18.6 Å². The van der Waals surface area contributed by atoms with Gasteiger partial charge in [0.2, 0.25) is 5.91 Å². The number of aliphatic hydroxyl groups is 1. The smallest absolute Gasteiger partial charge is 0.225 e. The molecule has 0 saturated carbocycles. The first kappa shape index (κ1) is 7.10. The van der Waals surface area contributed by atoms with Gasteiger partial charge in [0, 0.05) is 6.54 Å². The number of fused-ring (bicyclic) bond motifs is 1. The van der Waals surface area contributed by atoms with Crippen LogP contribution in [0, 0.1) is 0 Å². The maximum Gasteiger partial charge on any atom is 0.225 e. The van der Waals surface area contributed by atoms with Crippen LogP contribution in [0.15, 0.2) is 0 Å². The van der Waals surface area contributed by atoms with E-state index < -0.39 is 0 Å². The number of rotatable bonds is 0. The van der Waals surface area contributed by atoms with Crippen LogP contribution in [-0.2, 0) is 4.79 Å². The fraction of sp³-hybridized carbons (Fsp3) is 0.875. The van der Waals surface area contributed by atoms with Crippen molar-refractivity contribution in [1.29, 1.82) is 0 Å². The third-order valence-electron chi connectivity index (χ3n) is 2.70. The SMILES string of the molecule is O=C1C[C@H](O)[C@@H]2CCCCN12. The van der Waals surface area contributed by atoms with E-state index in [2.05, 4.69) is 0 Å². The first-order valence-electron chi connectivity index (χ1n) is 4.26. The van der Waals surface area contributed by atoms with E-state index in [-0.39, 0.29) is 18.1 Å². The molecule has 1 N–H and O–H groups in total. The molecule has 2 aliphatic rings. The summed E-state index contributed by atoms with van der Waals surface area (Å²) in [6, 6.07) is 0.149. The molecule has 0 aromatic rings. The molecule has 62 valence electrons. The molecule has 3 nitrogen and oxygen atoms in total. The van der Waals surface area contributed by atoms with Gasteiger partial charge in [-0.1, -0.05) is 0 Å². The Kier molecular flexibility index (Phi) is 1.60. The molecule has 2 aliphatic heterocycles. The summed E-state index contributed by atoms with van der Waals surface area (Å²) in [5.74, 6) is 0.141. The molecule has 3 heteroatoms. The number of hydrogen-bond donors (Lipinski definition) is 1. The summed E-state index contributed by atoms with van der Waals surface area (Å²) in [6.45, 7) is 0.862. The summed E-state index contributed by atoms with van der Waals surface area (Å²) in [7, 11) is 0. The van der Waals surface area contributed by atoms with Gasteiger partial charge in [-0.05, 0) is 19.3 Å². The van der Waals surface area contributed by atoms with Crippen LogP contribution in [0.4, 0.5) is 0 Å². The van der Waals surface area contributed by atoms with Crippen molar-refractivity contribution in [3.8, 4) is 0 Å². The van der Waals surface area contributed by atoms with E-state index in [4.69, 9.17) is 0 Å². The van der Waals surface area contributed by atoms with Crippen LogP contribution in [-0.4, -0.2) is 34.6 Å². The van der Waals surface area contributed by atoms with Gasteiger partial charge < -0.3 is 10.0 Å². The number of amides is 1. The molecule has 0 bridgehead atoms. The minimum Gasteiger partial charge on any atom is -0.390 e. The van der Waals surface area contributed by atoms with Crippen LogP contribution >= 0.6 is 0 Å². The second kappa shape index (κ2) is 2.48. The lowest BCUT2D eigenvalue weighted by atomic mass is 10.0. The first-order valence-corrected chi connectivity index (χ1v) is 4.26. The Hall–Kier alpha value is -0.570. The van der Waals surface area contributed by atoms with Gasteiger partial charge in [-0.2, -0.15) is 0 Å². The van der Waals surface area contributed by atoms with Crippen LogP contribution in [0.3, 0.4) is 0 Å². The second-order valence-corrected chi connectivity index (χ2v) is 3.42. The summed E-state index contributed by atoms with van der Waals surface area (Å²) in [6.07, 6.45) is 3.22. The summed E-state index contributed by atoms with van der Waals surface area (Å²) in [5, 5.41) is 9.43. The zero-order chi connectivity index (χ0) is 7.84. The molecule has 11 heavy (non-hydrogen) atoms. The maximum absolute atomic E-state index is 11.2. The van der Waals surface area contributed by atoms with E-state index in [0.29, 0.717) is 6.42 Å². The van der Waals surface area contributed by atoms with Crippen molar-refractivity contribution in [3.05, 3.63) is 0 Å². The zero-order valence-corrected chi connectivity index (χ0v) is 6.49. The molecule has 0 aliphatic carbocycles. The van der Waals surface area contributed by atoms with Crippen LogP contribution in [0.1, 0.15) is 25.7 Å². The lowest BCUT2D eigenvalue weighted by Crippen LogP contribution is -2.40. The first-order chi connectivity index (χ1) is 5.29. The Bertz CT molecular complexity index is 181. The quantitative estimate of drug-likeness (QED) is 0.540. The molecule has 0 aromatic carbocycles. The number of carbonyl (C=O) groups excluding carboxylic acids is 1. The fourth-order valence-electron chi connectivity index (χ4n) is 2.10. The Morgan fingerprint density at radius 2 is 2.27 bits per heavy atom. The Morgan fingerprint density at radius 3 is 3.00 bits per heavy atom. The molecular weight excluding hydrogens is 142 g/mol. The number of carbonyl (C=O) groups is 1. The molecule has 0 unspecified atom stereocenters. The molecule has 0 spiro atoms. The largest absolute Gasteiger partial charge is 0.390 e. The molecule has 0 aromatic heterocycles. The summed E-state index contributed by atoms with van der Waals surface area (Å²) < 4.78 is 0. The maximum atomic E-state index is 11.2. The summed E-state index contributed by atoms with van der Waals surface area (Å²) in [4.78, 5) is 13.0. The van der Waals surface area contributed by atoms with E-state index in [1.165, 1.54) is 0 Å². The number of nitrogens with zero attached hydrogens (tertiary/aromatic N) is 1. The van der Waals surface area contributed by atoms with E-state index in [1.807, 2.05) is 4.90 Å². The predicted octanol–water partition coefficient (Wildman–Crippen LogP) is 0.132. The van der Waals surface area contributed by atoms with E-state index in [1.54, 1.807) is 0 Å². The van der Waals surface area contributed by atoms with Crippen molar-refractivity contribution >= 4 is 5.91 Å². The number of aliphatic hydroxyl groups excluding tert-OH is 1. The number of piperidine rings is 1. The minimum absolute atomic E-state index is 0.141. The normalized spacial score (nSPS) is 37.5. The van der Waals surface area contributed by atoms with E-state index in [9.17, 15) is 9.90 Å². The molecule has 2 heterocycles. The van der Waals surface area contributed by atoms with Crippen molar-refractivity contribution in [2.24, 2.45) is 0 Å². The van der Waals surface area contributed by atoms with E-state index in [0.717, 1.165) is 25.8 Å². The van der Waals surface area contributed by atoms with Crippen molar-refractivity contribution in [3.63, 3.8) is 0 Å². The molecular formula is C8H13NO2. The van der Waals surface area contributed by atoms with Crippen LogP contribution in [0.25, 0.3) is 0 Å². The molecule has 2 rings (SSSR count). The van der Waals surface area contributed by atoms with Crippen LogP contribution in [0.2, 0.25) is 0 Å². The van der Waals surface area contributed by atoms with Gasteiger partial charge in [0.1, 0.15) is 0 Å². The third-order valence-corrected chi connectivity index (χ3v) is 2.70. The Balaban J connectivity index is 2.13. The van der Waals surface area contributed by atoms with E-state index >= 15 is 0 Å². The van der Waals surface area contributed by atoms with Crippen molar-refractivity contribution < 1.29 is 9.90 Å². The lowest BCUT2D eigenvalue weighted by molar-refractivity contribution is -0.129. The van der Waals surface area contributed by atoms with Gasteiger partial charge in [0.25, 0.3) is 0 Å². The topological polar surface area (TPSA) is 40.5 Å². The Morgan fingerprint density at radius 1 is 1.45 bits per heavy atom.